The molecule has 1 N–H and O–H groups in total. The van der Waals surface area contributed by atoms with Crippen LogP contribution in [0.1, 0.15) is 15.9 Å². The SMILES string of the molecule is C#CCOCc1cc(C(=O)O)ccc1F. The number of carboxylic acid groups (broad SMARTS) is 1. The van der Waals surface area contributed by atoms with Gasteiger partial charge in [-0.05, 0) is 18.2 Å². The molecular formula is C11H9FO3. The second kappa shape index (κ2) is 5.13. The highest BCUT2D eigenvalue weighted by molar-refractivity contribution is 5.87. The van der Waals surface area contributed by atoms with Crippen LogP contribution < -0.4 is 0 Å². The highest BCUT2D eigenvalue weighted by Gasteiger charge is 2.07. The molecule has 0 fully saturated rings. The third-order valence-corrected chi connectivity index (χ3v) is 1.74. The fourth-order valence-corrected chi connectivity index (χ4v) is 1.04. The van der Waals surface area contributed by atoms with Gasteiger partial charge in [0.15, 0.2) is 0 Å². The summed E-state index contributed by atoms with van der Waals surface area (Å²) in [4.78, 5) is 10.6. The van der Waals surface area contributed by atoms with Crippen molar-refractivity contribution in [3.05, 3.63) is 35.1 Å². The highest BCUT2D eigenvalue weighted by atomic mass is 19.1. The van der Waals surface area contributed by atoms with Crippen LogP contribution in [0.2, 0.25) is 0 Å². The lowest BCUT2D eigenvalue weighted by Crippen LogP contribution is -2.01. The van der Waals surface area contributed by atoms with E-state index in [1.165, 1.54) is 12.1 Å². The monoisotopic (exact) mass is 208 g/mol. The largest absolute Gasteiger partial charge is 0.478 e. The zero-order valence-corrected chi connectivity index (χ0v) is 7.87. The van der Waals surface area contributed by atoms with E-state index in [-0.39, 0.29) is 24.3 Å². The minimum Gasteiger partial charge on any atom is -0.478 e. The molecule has 0 atom stereocenters. The number of benzene rings is 1. The zero-order valence-electron chi connectivity index (χ0n) is 7.87. The lowest BCUT2D eigenvalue weighted by Gasteiger charge is -2.04. The summed E-state index contributed by atoms with van der Waals surface area (Å²) in [6.45, 7) is 0.0356. The van der Waals surface area contributed by atoms with Crippen molar-refractivity contribution < 1.29 is 19.0 Å². The van der Waals surface area contributed by atoms with Gasteiger partial charge in [-0.25, -0.2) is 9.18 Å². The Balaban J connectivity index is 2.82. The molecule has 3 nitrogen and oxygen atoms in total. The summed E-state index contributed by atoms with van der Waals surface area (Å²) in [5.74, 6) is 0.628. The van der Waals surface area contributed by atoms with Crippen LogP contribution in [0.3, 0.4) is 0 Å². The Hall–Kier alpha value is -1.86. The molecule has 0 amide bonds. The summed E-state index contributed by atoms with van der Waals surface area (Å²) in [5, 5.41) is 8.68. The molecule has 0 aliphatic heterocycles. The van der Waals surface area contributed by atoms with Gasteiger partial charge in [-0.15, -0.1) is 6.42 Å². The molecule has 0 bridgehead atoms. The molecular weight excluding hydrogens is 199 g/mol. The lowest BCUT2D eigenvalue weighted by molar-refractivity contribution is 0.0696. The van der Waals surface area contributed by atoms with Crippen molar-refractivity contribution in [3.63, 3.8) is 0 Å². The molecule has 0 heterocycles. The quantitative estimate of drug-likeness (QED) is 0.604. The van der Waals surface area contributed by atoms with Gasteiger partial charge in [0.25, 0.3) is 0 Å². The predicted octanol–water partition coefficient (Wildman–Crippen LogP) is 1.67. The van der Waals surface area contributed by atoms with Gasteiger partial charge >= 0.3 is 5.97 Å². The van der Waals surface area contributed by atoms with E-state index in [1.54, 1.807) is 0 Å². The van der Waals surface area contributed by atoms with Gasteiger partial charge in [-0.2, -0.15) is 0 Å². The van der Waals surface area contributed by atoms with Gasteiger partial charge in [0, 0.05) is 5.56 Å². The first-order chi connectivity index (χ1) is 7.15. The lowest BCUT2D eigenvalue weighted by atomic mass is 10.1. The summed E-state index contributed by atoms with van der Waals surface area (Å²) in [7, 11) is 0. The Labute approximate surface area is 86.5 Å². The molecule has 0 aliphatic carbocycles. The van der Waals surface area contributed by atoms with Crippen LogP contribution in [0.25, 0.3) is 0 Å². The Morgan fingerprint density at radius 3 is 2.93 bits per heavy atom. The Bertz CT molecular complexity index is 407. The fourth-order valence-electron chi connectivity index (χ4n) is 1.04. The fraction of sp³-hybridized carbons (Fsp3) is 0.182. The van der Waals surface area contributed by atoms with Crippen molar-refractivity contribution in [2.24, 2.45) is 0 Å². The van der Waals surface area contributed by atoms with Crippen LogP contribution in [0.5, 0.6) is 0 Å². The van der Waals surface area contributed by atoms with Crippen molar-refractivity contribution in [1.82, 2.24) is 0 Å². The molecule has 0 radical (unpaired) electrons. The maximum atomic E-state index is 13.1. The van der Waals surface area contributed by atoms with Crippen molar-refractivity contribution in [2.75, 3.05) is 6.61 Å². The standard InChI is InChI=1S/C11H9FO3/c1-2-5-15-7-9-6-8(11(13)14)3-4-10(9)12/h1,3-4,6H,5,7H2,(H,13,14). The average Bonchev–Trinajstić information content (AvgIpc) is 2.20. The predicted molar refractivity (Wildman–Crippen MR) is 51.8 cm³/mol. The number of carbonyl (C=O) groups is 1. The molecule has 0 aliphatic rings. The van der Waals surface area contributed by atoms with Gasteiger partial charge in [0.2, 0.25) is 0 Å². The molecule has 1 aromatic carbocycles. The Kier molecular flexibility index (Phi) is 3.83. The smallest absolute Gasteiger partial charge is 0.335 e. The van der Waals surface area contributed by atoms with E-state index in [1.807, 2.05) is 0 Å². The van der Waals surface area contributed by atoms with Crippen LogP contribution in [-0.4, -0.2) is 17.7 Å². The van der Waals surface area contributed by atoms with Crippen molar-refractivity contribution in [3.8, 4) is 12.3 Å². The topological polar surface area (TPSA) is 46.5 Å². The molecule has 0 unspecified atom stereocenters. The first kappa shape index (κ1) is 11.2. The van der Waals surface area contributed by atoms with Crippen LogP contribution in [0.4, 0.5) is 4.39 Å². The maximum absolute atomic E-state index is 13.1. The second-order valence-corrected chi connectivity index (χ2v) is 2.81. The minimum absolute atomic E-state index is 0.0238. The normalized spacial score (nSPS) is 9.60. The van der Waals surface area contributed by atoms with Gasteiger partial charge in [-0.1, -0.05) is 5.92 Å². The summed E-state index contributed by atoms with van der Waals surface area (Å²) >= 11 is 0. The number of terminal acetylenes is 1. The van der Waals surface area contributed by atoms with E-state index in [2.05, 4.69) is 5.92 Å². The third-order valence-electron chi connectivity index (χ3n) is 1.74. The van der Waals surface area contributed by atoms with E-state index < -0.39 is 11.8 Å². The van der Waals surface area contributed by atoms with E-state index in [0.717, 1.165) is 6.07 Å². The van der Waals surface area contributed by atoms with Crippen molar-refractivity contribution in [2.45, 2.75) is 6.61 Å². The molecule has 1 aromatic rings. The van der Waals surface area contributed by atoms with Crippen LogP contribution in [0, 0.1) is 18.2 Å². The number of halogens is 1. The zero-order chi connectivity index (χ0) is 11.3. The number of rotatable bonds is 4. The molecule has 78 valence electrons. The number of aromatic carboxylic acids is 1. The van der Waals surface area contributed by atoms with Gasteiger partial charge in [-0.3, -0.25) is 0 Å². The number of hydrogen-bond acceptors (Lipinski definition) is 2. The minimum atomic E-state index is -1.10. The van der Waals surface area contributed by atoms with Crippen molar-refractivity contribution >= 4 is 5.97 Å². The average molecular weight is 208 g/mol. The van der Waals surface area contributed by atoms with E-state index in [4.69, 9.17) is 16.3 Å². The molecule has 0 saturated carbocycles. The van der Waals surface area contributed by atoms with Crippen LogP contribution in [-0.2, 0) is 11.3 Å². The third kappa shape index (κ3) is 3.08. The van der Waals surface area contributed by atoms with E-state index >= 15 is 0 Å². The highest BCUT2D eigenvalue weighted by Crippen LogP contribution is 2.11. The van der Waals surface area contributed by atoms with E-state index in [9.17, 15) is 9.18 Å². The summed E-state index contributed by atoms with van der Waals surface area (Å²) in [6, 6.07) is 3.52. The molecule has 0 saturated heterocycles. The van der Waals surface area contributed by atoms with Gasteiger partial charge in [0.1, 0.15) is 12.4 Å². The maximum Gasteiger partial charge on any atom is 0.335 e. The number of hydrogen-bond donors (Lipinski definition) is 1. The van der Waals surface area contributed by atoms with Crippen LogP contribution >= 0.6 is 0 Å². The van der Waals surface area contributed by atoms with Crippen LogP contribution in [0.15, 0.2) is 18.2 Å². The summed E-state index contributed by atoms with van der Waals surface area (Å²) in [6.07, 6.45) is 4.95. The number of carboxylic acids is 1. The molecule has 15 heavy (non-hydrogen) atoms. The molecule has 0 aromatic heterocycles. The molecule has 4 heteroatoms. The summed E-state index contributed by atoms with van der Waals surface area (Å²) < 4.78 is 18.1. The Morgan fingerprint density at radius 2 is 2.33 bits per heavy atom. The van der Waals surface area contributed by atoms with E-state index in [0.29, 0.717) is 0 Å². The molecule has 1 rings (SSSR count). The second-order valence-electron chi connectivity index (χ2n) is 2.81. The van der Waals surface area contributed by atoms with Gasteiger partial charge < -0.3 is 9.84 Å². The molecule has 0 spiro atoms. The van der Waals surface area contributed by atoms with Gasteiger partial charge in [0.05, 0.1) is 12.2 Å². The summed E-state index contributed by atoms with van der Waals surface area (Å²) in [5.41, 5.74) is 0.209. The van der Waals surface area contributed by atoms with Crippen molar-refractivity contribution in [1.29, 1.82) is 0 Å². The Morgan fingerprint density at radius 1 is 1.60 bits per heavy atom. The first-order valence-electron chi connectivity index (χ1n) is 4.18. The first-order valence-corrected chi connectivity index (χ1v) is 4.18. The number of ether oxygens (including phenoxy) is 1.